The lowest BCUT2D eigenvalue weighted by atomic mass is 10.1. The van der Waals surface area contributed by atoms with Gasteiger partial charge in [0.2, 0.25) is 11.8 Å². The third-order valence-corrected chi connectivity index (χ3v) is 6.20. The van der Waals surface area contributed by atoms with Crippen molar-refractivity contribution in [3.63, 3.8) is 0 Å². The number of rotatable bonds is 6. The second-order valence-electron chi connectivity index (χ2n) is 7.73. The second-order valence-corrected chi connectivity index (χ2v) is 8.79. The van der Waals surface area contributed by atoms with Gasteiger partial charge in [-0.25, -0.2) is 4.98 Å². The fraction of sp³-hybridized carbons (Fsp3) is 0.292. The fourth-order valence-corrected chi connectivity index (χ4v) is 4.29. The number of hydrogen-bond donors (Lipinski definition) is 1. The molecule has 0 spiro atoms. The molecule has 30 heavy (non-hydrogen) atoms. The van der Waals surface area contributed by atoms with Crippen molar-refractivity contribution < 1.29 is 9.59 Å². The number of amides is 2. The number of aryl methyl sites for hydroxylation is 2. The van der Waals surface area contributed by atoms with Gasteiger partial charge in [-0.3, -0.25) is 9.59 Å². The zero-order chi connectivity index (χ0) is 21.1. The summed E-state index contributed by atoms with van der Waals surface area (Å²) in [7, 11) is 0. The van der Waals surface area contributed by atoms with E-state index in [4.69, 9.17) is 0 Å². The van der Waals surface area contributed by atoms with Gasteiger partial charge in [0, 0.05) is 36.1 Å². The van der Waals surface area contributed by atoms with Gasteiger partial charge in [-0.2, -0.15) is 0 Å². The first kappa shape index (κ1) is 20.3. The topological polar surface area (TPSA) is 62.3 Å². The quantitative estimate of drug-likeness (QED) is 0.653. The highest BCUT2D eigenvalue weighted by Gasteiger charge is 2.34. The van der Waals surface area contributed by atoms with Crippen molar-refractivity contribution in [3.8, 4) is 11.3 Å². The third-order valence-electron chi connectivity index (χ3n) is 5.42. The average Bonchev–Trinajstić information content (AvgIpc) is 3.35. The van der Waals surface area contributed by atoms with E-state index >= 15 is 0 Å². The number of nitrogens with zero attached hydrogens (tertiary/aromatic N) is 2. The van der Waals surface area contributed by atoms with E-state index in [1.54, 1.807) is 16.2 Å². The smallest absolute Gasteiger partial charge is 0.227 e. The summed E-state index contributed by atoms with van der Waals surface area (Å²) in [6.45, 7) is 5.02. The summed E-state index contributed by atoms with van der Waals surface area (Å²) in [5.74, 6) is -0.339. The van der Waals surface area contributed by atoms with Crippen LogP contribution in [-0.2, 0) is 16.0 Å². The van der Waals surface area contributed by atoms with Gasteiger partial charge in [-0.1, -0.05) is 42.0 Å². The molecule has 1 fully saturated rings. The van der Waals surface area contributed by atoms with Gasteiger partial charge in [-0.05, 0) is 38.0 Å². The molecule has 0 saturated carbocycles. The molecule has 0 aliphatic carbocycles. The Labute approximate surface area is 180 Å². The van der Waals surface area contributed by atoms with Crippen LogP contribution in [0, 0.1) is 19.8 Å². The summed E-state index contributed by atoms with van der Waals surface area (Å²) in [5, 5.41) is 6.12. The molecular weight excluding hydrogens is 394 g/mol. The zero-order valence-corrected chi connectivity index (χ0v) is 18.0. The van der Waals surface area contributed by atoms with Gasteiger partial charge in [0.1, 0.15) is 0 Å². The van der Waals surface area contributed by atoms with Crippen molar-refractivity contribution in [2.75, 3.05) is 18.0 Å². The van der Waals surface area contributed by atoms with E-state index in [9.17, 15) is 9.59 Å². The van der Waals surface area contributed by atoms with Crippen LogP contribution in [-0.4, -0.2) is 29.9 Å². The minimum absolute atomic E-state index is 0.00636. The first-order chi connectivity index (χ1) is 14.5. The van der Waals surface area contributed by atoms with Crippen molar-refractivity contribution in [2.45, 2.75) is 26.7 Å². The van der Waals surface area contributed by atoms with E-state index in [1.165, 1.54) is 0 Å². The number of nitrogens with one attached hydrogen (secondary N) is 1. The number of hydrogen-bond acceptors (Lipinski definition) is 4. The van der Waals surface area contributed by atoms with Crippen LogP contribution in [0.15, 0.2) is 53.9 Å². The first-order valence-electron chi connectivity index (χ1n) is 10.2. The normalized spacial score (nSPS) is 16.1. The van der Waals surface area contributed by atoms with Crippen LogP contribution < -0.4 is 10.2 Å². The predicted molar refractivity (Wildman–Crippen MR) is 121 cm³/mol. The Hall–Kier alpha value is -2.99. The van der Waals surface area contributed by atoms with Crippen molar-refractivity contribution in [3.05, 3.63) is 70.0 Å². The molecular formula is C24H25N3O2S. The Balaban J connectivity index is 1.28. The third kappa shape index (κ3) is 4.60. The minimum Gasteiger partial charge on any atom is -0.355 e. The second kappa shape index (κ2) is 8.79. The molecule has 0 radical (unpaired) electrons. The Morgan fingerprint density at radius 1 is 1.13 bits per heavy atom. The summed E-state index contributed by atoms with van der Waals surface area (Å²) < 4.78 is 0. The van der Waals surface area contributed by atoms with Crippen LogP contribution >= 0.6 is 11.3 Å². The standard InChI is InChI=1S/C24H25N3O2S/c1-16-3-9-21(10-4-16)27-14-20(13-23(27)28)24(29)25-12-11-18-5-7-19(8-6-18)22-15-30-17(2)26-22/h3-10,15,20H,11-14H2,1-2H3,(H,25,29). The van der Waals surface area contributed by atoms with E-state index in [1.807, 2.05) is 38.1 Å². The zero-order valence-electron chi connectivity index (χ0n) is 17.2. The molecule has 1 unspecified atom stereocenters. The van der Waals surface area contributed by atoms with Crippen LogP contribution in [0.3, 0.4) is 0 Å². The van der Waals surface area contributed by atoms with E-state index in [0.717, 1.165) is 39.5 Å². The molecule has 1 aliphatic rings. The molecule has 1 atom stereocenters. The van der Waals surface area contributed by atoms with Gasteiger partial charge in [0.25, 0.3) is 0 Å². The van der Waals surface area contributed by atoms with Gasteiger partial charge in [0.15, 0.2) is 0 Å². The summed E-state index contributed by atoms with van der Waals surface area (Å²) in [4.78, 5) is 31.1. The fourth-order valence-electron chi connectivity index (χ4n) is 3.67. The maximum Gasteiger partial charge on any atom is 0.227 e. The molecule has 1 N–H and O–H groups in total. The van der Waals surface area contributed by atoms with E-state index < -0.39 is 0 Å². The molecule has 2 aromatic carbocycles. The lowest BCUT2D eigenvalue weighted by Gasteiger charge is -2.17. The molecule has 2 amide bonds. The minimum atomic E-state index is -0.297. The highest BCUT2D eigenvalue weighted by molar-refractivity contribution is 7.09. The number of carbonyl (C=O) groups excluding carboxylic acids is 2. The lowest BCUT2D eigenvalue weighted by molar-refractivity contribution is -0.126. The summed E-state index contributed by atoms with van der Waals surface area (Å²) in [5.41, 5.74) is 5.27. The predicted octanol–water partition coefficient (Wildman–Crippen LogP) is 4.14. The molecule has 3 aromatic rings. The Kier molecular flexibility index (Phi) is 5.95. The van der Waals surface area contributed by atoms with Crippen molar-refractivity contribution >= 4 is 28.8 Å². The van der Waals surface area contributed by atoms with Crippen LogP contribution in [0.25, 0.3) is 11.3 Å². The summed E-state index contributed by atoms with van der Waals surface area (Å²) in [6.07, 6.45) is 1.02. The molecule has 5 nitrogen and oxygen atoms in total. The highest BCUT2D eigenvalue weighted by atomic mass is 32.1. The van der Waals surface area contributed by atoms with E-state index in [-0.39, 0.29) is 24.2 Å². The first-order valence-corrected chi connectivity index (χ1v) is 11.0. The molecule has 0 bridgehead atoms. The Bertz CT molecular complexity index is 1040. The molecule has 1 aromatic heterocycles. The highest BCUT2D eigenvalue weighted by Crippen LogP contribution is 2.25. The number of thiazole rings is 1. The van der Waals surface area contributed by atoms with Gasteiger partial charge >= 0.3 is 0 Å². The van der Waals surface area contributed by atoms with Gasteiger partial charge in [-0.15, -0.1) is 11.3 Å². The summed E-state index contributed by atoms with van der Waals surface area (Å²) >= 11 is 1.65. The molecule has 1 saturated heterocycles. The van der Waals surface area contributed by atoms with E-state index in [2.05, 4.69) is 39.9 Å². The largest absolute Gasteiger partial charge is 0.355 e. The van der Waals surface area contributed by atoms with Crippen LogP contribution in [0.2, 0.25) is 0 Å². The maximum absolute atomic E-state index is 12.6. The Morgan fingerprint density at radius 2 is 1.87 bits per heavy atom. The molecule has 6 heteroatoms. The monoisotopic (exact) mass is 419 g/mol. The van der Waals surface area contributed by atoms with Crippen molar-refractivity contribution in [1.29, 1.82) is 0 Å². The molecule has 4 rings (SSSR count). The maximum atomic E-state index is 12.6. The van der Waals surface area contributed by atoms with Gasteiger partial charge < -0.3 is 10.2 Å². The van der Waals surface area contributed by atoms with Crippen molar-refractivity contribution in [1.82, 2.24) is 10.3 Å². The Morgan fingerprint density at radius 3 is 2.53 bits per heavy atom. The number of anilines is 1. The van der Waals surface area contributed by atoms with Crippen LogP contribution in [0.4, 0.5) is 5.69 Å². The van der Waals surface area contributed by atoms with E-state index in [0.29, 0.717) is 13.1 Å². The lowest BCUT2D eigenvalue weighted by Crippen LogP contribution is -2.34. The molecule has 2 heterocycles. The molecule has 154 valence electrons. The number of aromatic nitrogens is 1. The number of carbonyl (C=O) groups is 2. The van der Waals surface area contributed by atoms with Gasteiger partial charge in [0.05, 0.1) is 16.6 Å². The SMILES string of the molecule is Cc1ccc(N2CC(C(=O)NCCc3ccc(-c4csc(C)n4)cc3)CC2=O)cc1. The number of benzene rings is 2. The van der Waals surface area contributed by atoms with Crippen LogP contribution in [0.5, 0.6) is 0 Å². The summed E-state index contributed by atoms with van der Waals surface area (Å²) in [6, 6.07) is 16.1. The average molecular weight is 420 g/mol. The van der Waals surface area contributed by atoms with Crippen LogP contribution in [0.1, 0.15) is 22.6 Å². The molecule has 1 aliphatic heterocycles. The van der Waals surface area contributed by atoms with Crippen molar-refractivity contribution in [2.24, 2.45) is 5.92 Å².